The second-order valence-electron chi connectivity index (χ2n) is 4.24. The molecule has 0 unspecified atom stereocenters. The molecule has 1 fully saturated rings. The third kappa shape index (κ3) is 2.03. The van der Waals surface area contributed by atoms with Crippen molar-refractivity contribution in [1.82, 2.24) is 14.0 Å². The molecular weight excluding hydrogens is 238 g/mol. The highest BCUT2D eigenvalue weighted by Gasteiger charge is 2.18. The van der Waals surface area contributed by atoms with Gasteiger partial charge in [-0.2, -0.15) is 8.89 Å². The molecule has 1 saturated heterocycles. The Labute approximate surface area is 102 Å². The maximum atomic E-state index is 11.1. The number of rotatable bonds is 1. The molecule has 2 aromatic heterocycles. The zero-order chi connectivity index (χ0) is 11.8. The number of piperidine rings is 1. The minimum atomic E-state index is -0.218. The highest BCUT2D eigenvalue weighted by molar-refractivity contribution is 7.03. The Morgan fingerprint density at radius 2 is 2.35 bits per heavy atom. The number of anilines is 1. The van der Waals surface area contributed by atoms with Crippen LogP contribution in [0.25, 0.3) is 5.65 Å². The standard InChI is InChI=1S/C10H13N5OS/c11-7-2-1-5-14(6-7)9-4-3-8-12-10(16)17-15(8)13-9/h3-4,7H,1-2,5-6,11H2/t7-/m1/s1. The van der Waals surface area contributed by atoms with Crippen molar-refractivity contribution in [3.63, 3.8) is 0 Å². The molecule has 3 rings (SSSR count). The summed E-state index contributed by atoms with van der Waals surface area (Å²) < 4.78 is 1.57. The van der Waals surface area contributed by atoms with Gasteiger partial charge in [0.1, 0.15) is 0 Å². The van der Waals surface area contributed by atoms with Crippen molar-refractivity contribution < 1.29 is 0 Å². The maximum Gasteiger partial charge on any atom is 0.346 e. The smallest absolute Gasteiger partial charge is 0.346 e. The first-order chi connectivity index (χ1) is 8.22. The molecule has 0 amide bonds. The summed E-state index contributed by atoms with van der Waals surface area (Å²) >= 11 is 1.01. The van der Waals surface area contributed by atoms with E-state index in [-0.39, 0.29) is 10.9 Å². The fourth-order valence-corrected chi connectivity index (χ4v) is 2.71. The number of hydrogen-bond donors (Lipinski definition) is 1. The SMILES string of the molecule is N[C@@H]1CCCN(c2ccc3nc(=O)sn3n2)C1. The van der Waals surface area contributed by atoms with Gasteiger partial charge in [0.05, 0.1) is 0 Å². The van der Waals surface area contributed by atoms with E-state index in [4.69, 9.17) is 5.73 Å². The van der Waals surface area contributed by atoms with Crippen LogP contribution in [0, 0.1) is 0 Å². The molecule has 3 heterocycles. The molecule has 1 aliphatic heterocycles. The molecule has 0 aromatic carbocycles. The van der Waals surface area contributed by atoms with Crippen LogP contribution in [0.4, 0.5) is 5.82 Å². The van der Waals surface area contributed by atoms with E-state index in [2.05, 4.69) is 15.0 Å². The summed E-state index contributed by atoms with van der Waals surface area (Å²) in [7, 11) is 0. The highest BCUT2D eigenvalue weighted by Crippen LogP contribution is 2.17. The van der Waals surface area contributed by atoms with Crippen molar-refractivity contribution in [3.8, 4) is 0 Å². The van der Waals surface area contributed by atoms with Crippen LogP contribution in [0.15, 0.2) is 16.9 Å². The Kier molecular flexibility index (Phi) is 2.56. The van der Waals surface area contributed by atoms with Gasteiger partial charge in [-0.05, 0) is 25.0 Å². The van der Waals surface area contributed by atoms with Crippen LogP contribution in [0.2, 0.25) is 0 Å². The maximum absolute atomic E-state index is 11.1. The average Bonchev–Trinajstić information content (AvgIpc) is 2.68. The van der Waals surface area contributed by atoms with Crippen molar-refractivity contribution in [3.05, 3.63) is 21.8 Å². The van der Waals surface area contributed by atoms with Crippen molar-refractivity contribution in [1.29, 1.82) is 0 Å². The predicted molar refractivity (Wildman–Crippen MR) is 66.6 cm³/mol. The molecular formula is C10H13N5OS. The predicted octanol–water partition coefficient (Wildman–Crippen LogP) is 0.0785. The molecule has 0 bridgehead atoms. The Balaban J connectivity index is 1.96. The van der Waals surface area contributed by atoms with E-state index >= 15 is 0 Å². The van der Waals surface area contributed by atoms with Crippen molar-refractivity contribution in [2.75, 3.05) is 18.0 Å². The second-order valence-corrected chi connectivity index (χ2v) is 5.12. The molecule has 0 radical (unpaired) electrons. The summed E-state index contributed by atoms with van der Waals surface area (Å²) in [5, 5.41) is 4.40. The van der Waals surface area contributed by atoms with E-state index in [0.717, 1.165) is 43.3 Å². The van der Waals surface area contributed by atoms with Crippen LogP contribution in [-0.2, 0) is 0 Å². The van der Waals surface area contributed by atoms with Gasteiger partial charge in [-0.15, -0.1) is 5.10 Å². The number of aromatic nitrogens is 3. The van der Waals surface area contributed by atoms with E-state index in [0.29, 0.717) is 5.65 Å². The lowest BCUT2D eigenvalue weighted by molar-refractivity contribution is 0.502. The van der Waals surface area contributed by atoms with Crippen molar-refractivity contribution in [2.45, 2.75) is 18.9 Å². The Bertz CT molecular complexity index is 592. The van der Waals surface area contributed by atoms with Crippen LogP contribution in [0.5, 0.6) is 0 Å². The van der Waals surface area contributed by atoms with Gasteiger partial charge < -0.3 is 10.6 Å². The van der Waals surface area contributed by atoms with Crippen molar-refractivity contribution in [2.24, 2.45) is 5.73 Å². The zero-order valence-electron chi connectivity index (χ0n) is 9.24. The minimum Gasteiger partial charge on any atom is -0.354 e. The first kappa shape index (κ1) is 10.7. The van der Waals surface area contributed by atoms with Gasteiger partial charge in [0.2, 0.25) is 0 Å². The van der Waals surface area contributed by atoms with Crippen LogP contribution in [0.3, 0.4) is 0 Å². The lowest BCUT2D eigenvalue weighted by Gasteiger charge is -2.31. The first-order valence-corrected chi connectivity index (χ1v) is 6.38. The number of nitrogens with zero attached hydrogens (tertiary/aromatic N) is 4. The largest absolute Gasteiger partial charge is 0.354 e. The van der Waals surface area contributed by atoms with Gasteiger partial charge in [-0.25, -0.2) is 0 Å². The normalized spacial score (nSPS) is 21.0. The monoisotopic (exact) mass is 251 g/mol. The summed E-state index contributed by atoms with van der Waals surface area (Å²) in [5.41, 5.74) is 6.55. The van der Waals surface area contributed by atoms with Gasteiger partial charge in [-0.1, -0.05) is 0 Å². The summed E-state index contributed by atoms with van der Waals surface area (Å²) in [6.45, 7) is 1.79. The molecule has 0 aliphatic carbocycles. The Morgan fingerprint density at radius 3 is 3.18 bits per heavy atom. The summed E-state index contributed by atoms with van der Waals surface area (Å²) in [6.07, 6.45) is 2.15. The van der Waals surface area contributed by atoms with Gasteiger partial charge >= 0.3 is 4.87 Å². The van der Waals surface area contributed by atoms with E-state index < -0.39 is 0 Å². The minimum absolute atomic E-state index is 0.211. The van der Waals surface area contributed by atoms with Crippen LogP contribution in [0.1, 0.15) is 12.8 Å². The highest BCUT2D eigenvalue weighted by atomic mass is 32.1. The molecule has 2 aromatic rings. The molecule has 17 heavy (non-hydrogen) atoms. The van der Waals surface area contributed by atoms with Crippen LogP contribution < -0.4 is 15.5 Å². The fourth-order valence-electron chi connectivity index (χ4n) is 2.11. The van der Waals surface area contributed by atoms with E-state index in [1.807, 2.05) is 12.1 Å². The molecule has 90 valence electrons. The van der Waals surface area contributed by atoms with Crippen LogP contribution in [-0.4, -0.2) is 33.1 Å². The Morgan fingerprint density at radius 1 is 1.47 bits per heavy atom. The van der Waals surface area contributed by atoms with Gasteiger partial charge in [0, 0.05) is 30.7 Å². The van der Waals surface area contributed by atoms with E-state index in [1.165, 1.54) is 0 Å². The lowest BCUT2D eigenvalue weighted by atomic mass is 10.1. The quantitative estimate of drug-likeness (QED) is 0.776. The van der Waals surface area contributed by atoms with E-state index in [9.17, 15) is 4.79 Å². The molecule has 2 N–H and O–H groups in total. The Hall–Kier alpha value is -1.47. The topological polar surface area (TPSA) is 76.5 Å². The van der Waals surface area contributed by atoms with Crippen LogP contribution >= 0.6 is 11.5 Å². The number of nitrogens with two attached hydrogens (primary N) is 1. The molecule has 0 spiro atoms. The number of hydrogen-bond acceptors (Lipinski definition) is 6. The van der Waals surface area contributed by atoms with E-state index in [1.54, 1.807) is 3.90 Å². The molecule has 1 aliphatic rings. The fraction of sp³-hybridized carbons (Fsp3) is 0.500. The molecule has 1 atom stereocenters. The third-order valence-electron chi connectivity index (χ3n) is 2.92. The third-order valence-corrected chi connectivity index (χ3v) is 3.61. The average molecular weight is 251 g/mol. The summed E-state index contributed by atoms with van der Waals surface area (Å²) in [4.78, 5) is 16.9. The number of fused-ring (bicyclic) bond motifs is 1. The van der Waals surface area contributed by atoms with Crippen molar-refractivity contribution >= 4 is 23.0 Å². The molecule has 7 heteroatoms. The lowest BCUT2D eigenvalue weighted by Crippen LogP contribution is -2.43. The van der Waals surface area contributed by atoms with Gasteiger partial charge in [0.25, 0.3) is 0 Å². The second kappa shape index (κ2) is 4.08. The molecule has 6 nitrogen and oxygen atoms in total. The van der Waals surface area contributed by atoms with Gasteiger partial charge in [-0.3, -0.25) is 4.79 Å². The summed E-state index contributed by atoms with van der Waals surface area (Å²) in [6, 6.07) is 3.93. The zero-order valence-corrected chi connectivity index (χ0v) is 10.1. The molecule has 0 saturated carbocycles. The van der Waals surface area contributed by atoms with Gasteiger partial charge in [0.15, 0.2) is 11.5 Å². The summed E-state index contributed by atoms with van der Waals surface area (Å²) in [5.74, 6) is 0.862. The first-order valence-electron chi connectivity index (χ1n) is 5.60.